The van der Waals surface area contributed by atoms with Crippen LogP contribution in [0.5, 0.6) is 0 Å². The molecule has 2 aromatic carbocycles. The Hall–Kier alpha value is -1.60. The van der Waals surface area contributed by atoms with Gasteiger partial charge in [-0.2, -0.15) is 0 Å². The Bertz CT molecular complexity index is 693. The molecule has 0 aliphatic carbocycles. The smallest absolute Gasteiger partial charge is 0.258 e. The molecule has 0 saturated heterocycles. The van der Waals surface area contributed by atoms with Crippen LogP contribution < -0.4 is 0 Å². The van der Waals surface area contributed by atoms with Crippen molar-refractivity contribution in [2.24, 2.45) is 0 Å². The first-order chi connectivity index (χ1) is 9.49. The third-order valence-electron chi connectivity index (χ3n) is 2.61. The molecule has 0 radical (unpaired) electrons. The van der Waals surface area contributed by atoms with Crippen LogP contribution in [-0.4, -0.2) is 9.13 Å². The number of hydrogen-bond donors (Lipinski definition) is 0. The Kier molecular flexibility index (Phi) is 4.61. The van der Waals surface area contributed by atoms with Crippen LogP contribution in [0.4, 0.5) is 10.1 Å². The first-order valence-corrected chi connectivity index (χ1v) is 7.66. The Morgan fingerprint density at radius 3 is 2.60 bits per heavy atom. The van der Waals surface area contributed by atoms with E-state index < -0.39 is 21.5 Å². The van der Waals surface area contributed by atoms with E-state index in [1.165, 1.54) is 30.3 Å². The molecule has 20 heavy (non-hydrogen) atoms. The van der Waals surface area contributed by atoms with Gasteiger partial charge in [0, 0.05) is 16.1 Å². The van der Waals surface area contributed by atoms with E-state index in [4.69, 9.17) is 0 Å². The number of nitro benzene ring substituents is 1. The number of hydrogen-bond acceptors (Lipinski definition) is 3. The zero-order chi connectivity index (χ0) is 14.7. The average molecular weight is 358 g/mol. The van der Waals surface area contributed by atoms with Crippen molar-refractivity contribution in [1.29, 1.82) is 0 Å². The summed E-state index contributed by atoms with van der Waals surface area (Å²) >= 11 is 3.15. The van der Waals surface area contributed by atoms with Crippen molar-refractivity contribution in [3.05, 3.63) is 68.4 Å². The molecular formula is C13H9BrFNO3S. The summed E-state index contributed by atoms with van der Waals surface area (Å²) in [5, 5.41) is 11.0. The lowest BCUT2D eigenvalue weighted by molar-refractivity contribution is -0.385. The van der Waals surface area contributed by atoms with Crippen LogP contribution >= 0.6 is 15.9 Å². The van der Waals surface area contributed by atoms with E-state index in [2.05, 4.69) is 15.9 Å². The van der Waals surface area contributed by atoms with E-state index in [0.717, 1.165) is 0 Å². The van der Waals surface area contributed by atoms with Crippen molar-refractivity contribution in [2.45, 2.75) is 10.6 Å². The second-order valence-corrected chi connectivity index (χ2v) is 6.29. The summed E-state index contributed by atoms with van der Waals surface area (Å²) in [6.45, 7) is 0. The highest BCUT2D eigenvalue weighted by molar-refractivity contribution is 9.10. The highest BCUT2D eigenvalue weighted by Gasteiger charge is 2.18. The first kappa shape index (κ1) is 14.8. The molecule has 1 unspecified atom stereocenters. The third-order valence-corrected chi connectivity index (χ3v) is 4.50. The minimum absolute atomic E-state index is 0.0460. The van der Waals surface area contributed by atoms with Gasteiger partial charge in [-0.15, -0.1) is 0 Å². The lowest BCUT2D eigenvalue weighted by atomic mass is 10.2. The van der Waals surface area contributed by atoms with Crippen LogP contribution in [0.15, 0.2) is 51.8 Å². The predicted molar refractivity (Wildman–Crippen MR) is 77.3 cm³/mol. The van der Waals surface area contributed by atoms with Gasteiger partial charge in [0.05, 0.1) is 26.4 Å². The van der Waals surface area contributed by atoms with Crippen molar-refractivity contribution in [3.63, 3.8) is 0 Å². The van der Waals surface area contributed by atoms with E-state index in [1.807, 2.05) is 0 Å². The van der Waals surface area contributed by atoms with Crippen molar-refractivity contribution >= 4 is 32.4 Å². The molecule has 0 aliphatic heterocycles. The SMILES string of the molecule is O=[N+]([O-])c1cc(Br)ccc1CS(=O)c1ccccc1F. The molecule has 0 bridgehead atoms. The fourth-order valence-corrected chi connectivity index (χ4v) is 3.22. The molecule has 0 aromatic heterocycles. The second-order valence-electron chi connectivity index (χ2n) is 3.95. The molecule has 0 spiro atoms. The Balaban J connectivity index is 2.33. The molecular weight excluding hydrogens is 349 g/mol. The van der Waals surface area contributed by atoms with Crippen LogP contribution in [0.2, 0.25) is 0 Å². The number of rotatable bonds is 4. The van der Waals surface area contributed by atoms with E-state index >= 15 is 0 Å². The van der Waals surface area contributed by atoms with Crippen molar-refractivity contribution in [1.82, 2.24) is 0 Å². The van der Waals surface area contributed by atoms with Crippen LogP contribution in [0.3, 0.4) is 0 Å². The second kappa shape index (κ2) is 6.23. The molecule has 2 rings (SSSR count). The predicted octanol–water partition coefficient (Wildman–Crippen LogP) is 3.80. The van der Waals surface area contributed by atoms with Gasteiger partial charge >= 0.3 is 0 Å². The highest BCUT2D eigenvalue weighted by atomic mass is 79.9. The minimum Gasteiger partial charge on any atom is -0.258 e. The summed E-state index contributed by atoms with van der Waals surface area (Å²) < 4.78 is 26.2. The third kappa shape index (κ3) is 3.29. The Morgan fingerprint density at radius 2 is 1.95 bits per heavy atom. The van der Waals surface area contributed by atoms with E-state index in [-0.39, 0.29) is 16.3 Å². The molecule has 0 amide bonds. The molecule has 0 fully saturated rings. The van der Waals surface area contributed by atoms with Gasteiger partial charge in [0.25, 0.3) is 5.69 Å². The van der Waals surface area contributed by atoms with Gasteiger partial charge in [0.2, 0.25) is 0 Å². The number of halogens is 2. The maximum Gasteiger partial charge on any atom is 0.274 e. The van der Waals surface area contributed by atoms with Crippen molar-refractivity contribution in [3.8, 4) is 0 Å². The fourth-order valence-electron chi connectivity index (χ4n) is 1.68. The standard InChI is InChI=1S/C13H9BrFNO3S/c14-10-6-5-9(12(7-10)16(17)18)8-20(19)13-4-2-1-3-11(13)15/h1-7H,8H2. The maximum absolute atomic E-state index is 13.5. The first-order valence-electron chi connectivity index (χ1n) is 5.55. The summed E-state index contributed by atoms with van der Waals surface area (Å²) in [5.41, 5.74) is 0.170. The van der Waals surface area contributed by atoms with Gasteiger partial charge < -0.3 is 0 Å². The number of nitrogens with zero attached hydrogens (tertiary/aromatic N) is 1. The van der Waals surface area contributed by atoms with Gasteiger partial charge in [-0.25, -0.2) is 4.39 Å². The van der Waals surface area contributed by atoms with Crippen molar-refractivity contribution < 1.29 is 13.5 Å². The zero-order valence-electron chi connectivity index (χ0n) is 10.1. The summed E-state index contributed by atoms with van der Waals surface area (Å²) in [4.78, 5) is 10.5. The Morgan fingerprint density at radius 1 is 1.25 bits per heavy atom. The largest absolute Gasteiger partial charge is 0.274 e. The summed E-state index contributed by atoms with van der Waals surface area (Å²) in [6.07, 6.45) is 0. The number of benzene rings is 2. The van der Waals surface area contributed by atoms with Gasteiger partial charge in [-0.3, -0.25) is 14.3 Å². The van der Waals surface area contributed by atoms with Gasteiger partial charge in [-0.1, -0.05) is 34.1 Å². The zero-order valence-corrected chi connectivity index (χ0v) is 12.5. The molecule has 0 heterocycles. The van der Waals surface area contributed by atoms with E-state index in [1.54, 1.807) is 12.1 Å². The molecule has 1 atom stereocenters. The lowest BCUT2D eigenvalue weighted by Crippen LogP contribution is -2.02. The highest BCUT2D eigenvalue weighted by Crippen LogP contribution is 2.26. The summed E-state index contributed by atoms with van der Waals surface area (Å²) in [5.74, 6) is -0.685. The maximum atomic E-state index is 13.5. The normalized spacial score (nSPS) is 12.1. The average Bonchev–Trinajstić information content (AvgIpc) is 2.41. The Labute approximate surface area is 125 Å². The topological polar surface area (TPSA) is 60.2 Å². The fraction of sp³-hybridized carbons (Fsp3) is 0.0769. The summed E-state index contributed by atoms with van der Waals surface area (Å²) in [6, 6.07) is 10.2. The molecule has 4 nitrogen and oxygen atoms in total. The van der Waals surface area contributed by atoms with Crippen LogP contribution in [0, 0.1) is 15.9 Å². The van der Waals surface area contributed by atoms with Gasteiger partial charge in [0.15, 0.2) is 0 Å². The molecule has 0 saturated carbocycles. The van der Waals surface area contributed by atoms with Crippen LogP contribution in [0.1, 0.15) is 5.56 Å². The molecule has 2 aromatic rings. The molecule has 104 valence electrons. The monoisotopic (exact) mass is 357 g/mol. The van der Waals surface area contributed by atoms with Crippen LogP contribution in [-0.2, 0) is 16.6 Å². The minimum atomic E-state index is -1.67. The van der Waals surface area contributed by atoms with E-state index in [9.17, 15) is 18.7 Å². The van der Waals surface area contributed by atoms with Crippen molar-refractivity contribution in [2.75, 3.05) is 0 Å². The summed E-state index contributed by atoms with van der Waals surface area (Å²) in [7, 11) is -1.67. The van der Waals surface area contributed by atoms with Gasteiger partial charge in [0.1, 0.15) is 5.82 Å². The molecule has 7 heteroatoms. The quantitative estimate of drug-likeness (QED) is 0.617. The van der Waals surface area contributed by atoms with Gasteiger partial charge in [-0.05, 0) is 18.2 Å². The molecule has 0 N–H and O–H groups in total. The van der Waals surface area contributed by atoms with E-state index in [0.29, 0.717) is 10.0 Å². The lowest BCUT2D eigenvalue weighted by Gasteiger charge is -2.05. The molecule has 0 aliphatic rings. The van der Waals surface area contributed by atoms with Crippen LogP contribution in [0.25, 0.3) is 0 Å². The number of nitro groups is 1.